The molecule has 2 heterocycles. The molecule has 1 aromatic carbocycles. The number of aromatic nitrogens is 2. The van der Waals surface area contributed by atoms with Crippen molar-refractivity contribution >= 4 is 17.8 Å². The number of carbonyl (C=O) groups excluding carboxylic acids is 3. The van der Waals surface area contributed by atoms with Crippen LogP contribution in [0.25, 0.3) is 0 Å². The Morgan fingerprint density at radius 2 is 1.90 bits per heavy atom. The van der Waals surface area contributed by atoms with Crippen molar-refractivity contribution < 1.29 is 23.5 Å². The van der Waals surface area contributed by atoms with Crippen molar-refractivity contribution in [3.8, 4) is 0 Å². The Morgan fingerprint density at radius 1 is 1.13 bits per heavy atom. The molecule has 0 saturated carbocycles. The highest BCUT2D eigenvalue weighted by molar-refractivity contribution is 5.96. The standard InChI is InChI=1S/C23H25N3O5/c1-16(11-19-14-26(15-24-19)23(29)30-2)25-22(28)18(12-17-7-4-3-5-8-17)13-20(27)21-9-6-10-31-21/h3-10,14-16,18H,11-13H2,1-2H3,(H,25,28)/t16-,18?/m1/s1. The predicted molar refractivity (Wildman–Crippen MR) is 113 cm³/mol. The molecule has 1 amide bonds. The summed E-state index contributed by atoms with van der Waals surface area (Å²) >= 11 is 0. The number of benzene rings is 1. The van der Waals surface area contributed by atoms with Crippen LogP contribution in [0.5, 0.6) is 0 Å². The summed E-state index contributed by atoms with van der Waals surface area (Å²) in [4.78, 5) is 41.3. The summed E-state index contributed by atoms with van der Waals surface area (Å²) in [6.07, 6.45) is 4.75. The molecule has 2 atom stereocenters. The second kappa shape index (κ2) is 10.4. The molecule has 8 heteroatoms. The van der Waals surface area contributed by atoms with Crippen molar-refractivity contribution in [2.75, 3.05) is 7.11 Å². The Labute approximate surface area is 180 Å². The summed E-state index contributed by atoms with van der Waals surface area (Å²) in [6, 6.07) is 12.6. The third kappa shape index (κ3) is 6.15. The Kier molecular flexibility index (Phi) is 7.37. The summed E-state index contributed by atoms with van der Waals surface area (Å²) in [5.74, 6) is -0.739. The van der Waals surface area contributed by atoms with Crippen molar-refractivity contribution in [3.63, 3.8) is 0 Å². The van der Waals surface area contributed by atoms with Crippen LogP contribution in [0.4, 0.5) is 4.79 Å². The molecule has 0 spiro atoms. The third-order valence-electron chi connectivity index (χ3n) is 4.85. The van der Waals surface area contributed by atoms with Gasteiger partial charge in [0.15, 0.2) is 11.5 Å². The van der Waals surface area contributed by atoms with Crippen molar-refractivity contribution in [3.05, 3.63) is 78.3 Å². The second-order valence-electron chi connectivity index (χ2n) is 7.35. The first-order valence-electron chi connectivity index (χ1n) is 9.98. The number of nitrogens with one attached hydrogen (secondary N) is 1. The van der Waals surface area contributed by atoms with Crippen molar-refractivity contribution in [2.45, 2.75) is 32.2 Å². The molecule has 0 aliphatic rings. The SMILES string of the molecule is COC(=O)n1cnc(C[C@@H](C)NC(=O)C(CC(=O)c2ccco2)Cc2ccccc2)c1. The zero-order chi connectivity index (χ0) is 22.2. The molecule has 31 heavy (non-hydrogen) atoms. The van der Waals surface area contributed by atoms with E-state index < -0.39 is 12.0 Å². The molecule has 8 nitrogen and oxygen atoms in total. The number of rotatable bonds is 9. The molecule has 0 radical (unpaired) electrons. The maximum atomic E-state index is 13.0. The third-order valence-corrected chi connectivity index (χ3v) is 4.85. The Hall–Kier alpha value is -3.68. The largest absolute Gasteiger partial charge is 0.461 e. The van der Waals surface area contributed by atoms with E-state index in [1.54, 1.807) is 18.3 Å². The van der Waals surface area contributed by atoms with Crippen LogP contribution in [0.15, 0.2) is 65.7 Å². The van der Waals surface area contributed by atoms with E-state index in [2.05, 4.69) is 15.0 Å². The van der Waals surface area contributed by atoms with Crippen LogP contribution in [0.2, 0.25) is 0 Å². The van der Waals surface area contributed by atoms with Crippen LogP contribution >= 0.6 is 0 Å². The van der Waals surface area contributed by atoms with Crippen LogP contribution in [0, 0.1) is 5.92 Å². The van der Waals surface area contributed by atoms with Crippen LogP contribution in [0.1, 0.15) is 35.2 Å². The average Bonchev–Trinajstić information content (AvgIpc) is 3.45. The van der Waals surface area contributed by atoms with Crippen molar-refractivity contribution in [2.24, 2.45) is 5.92 Å². The van der Waals surface area contributed by atoms with Gasteiger partial charge in [-0.3, -0.25) is 9.59 Å². The lowest BCUT2D eigenvalue weighted by Crippen LogP contribution is -2.40. The Morgan fingerprint density at radius 3 is 2.58 bits per heavy atom. The number of hydrogen-bond donors (Lipinski definition) is 1. The molecule has 0 aliphatic carbocycles. The van der Waals surface area contributed by atoms with Gasteiger partial charge in [0.2, 0.25) is 5.91 Å². The van der Waals surface area contributed by atoms with Crippen LogP contribution < -0.4 is 5.32 Å². The van der Waals surface area contributed by atoms with Gasteiger partial charge in [0, 0.05) is 31.0 Å². The first-order chi connectivity index (χ1) is 15.0. The van der Waals surface area contributed by atoms with Crippen LogP contribution in [-0.4, -0.2) is 40.5 Å². The van der Waals surface area contributed by atoms with Gasteiger partial charge in [0.1, 0.15) is 6.33 Å². The normalized spacial score (nSPS) is 12.7. The molecule has 3 rings (SSSR count). The molecular weight excluding hydrogens is 398 g/mol. The lowest BCUT2D eigenvalue weighted by molar-refractivity contribution is -0.125. The highest BCUT2D eigenvalue weighted by atomic mass is 16.5. The molecule has 0 saturated heterocycles. The predicted octanol–water partition coefficient (Wildman–Crippen LogP) is 3.27. The fourth-order valence-electron chi connectivity index (χ4n) is 3.32. The second-order valence-corrected chi connectivity index (χ2v) is 7.35. The van der Waals surface area contributed by atoms with Gasteiger partial charge in [0.05, 0.1) is 19.1 Å². The lowest BCUT2D eigenvalue weighted by atomic mass is 9.92. The molecule has 0 fully saturated rings. The summed E-state index contributed by atoms with van der Waals surface area (Å²) in [5.41, 5.74) is 1.61. The average molecular weight is 423 g/mol. The molecule has 162 valence electrons. The first-order valence-corrected chi connectivity index (χ1v) is 9.98. The van der Waals surface area contributed by atoms with Gasteiger partial charge >= 0.3 is 6.09 Å². The number of hydrogen-bond acceptors (Lipinski definition) is 6. The summed E-state index contributed by atoms with van der Waals surface area (Å²) in [5, 5.41) is 2.96. The summed E-state index contributed by atoms with van der Waals surface area (Å²) in [6.45, 7) is 1.85. The fourth-order valence-corrected chi connectivity index (χ4v) is 3.32. The Balaban J connectivity index is 1.65. The molecule has 1 N–H and O–H groups in total. The monoisotopic (exact) mass is 423 g/mol. The van der Waals surface area contributed by atoms with Crippen LogP contribution in [-0.2, 0) is 22.4 Å². The van der Waals surface area contributed by atoms with E-state index >= 15 is 0 Å². The number of furan rings is 1. The number of carbonyl (C=O) groups is 3. The topological polar surface area (TPSA) is 103 Å². The van der Waals surface area contributed by atoms with Gasteiger partial charge in [0.25, 0.3) is 0 Å². The van der Waals surface area contributed by atoms with E-state index in [9.17, 15) is 14.4 Å². The van der Waals surface area contributed by atoms with E-state index in [1.807, 2.05) is 37.3 Å². The zero-order valence-electron chi connectivity index (χ0n) is 17.5. The minimum atomic E-state index is -0.546. The molecule has 2 aromatic heterocycles. The molecule has 3 aromatic rings. The summed E-state index contributed by atoms with van der Waals surface area (Å²) in [7, 11) is 1.29. The fraction of sp³-hybridized carbons (Fsp3) is 0.304. The maximum Gasteiger partial charge on any atom is 0.418 e. The molecular formula is C23H25N3O5. The molecule has 1 unspecified atom stereocenters. The van der Waals surface area contributed by atoms with E-state index in [0.717, 1.165) is 5.56 Å². The van der Waals surface area contributed by atoms with Gasteiger partial charge < -0.3 is 14.5 Å². The summed E-state index contributed by atoms with van der Waals surface area (Å²) < 4.78 is 11.1. The number of imidazole rings is 1. The van der Waals surface area contributed by atoms with Gasteiger partial charge in [-0.2, -0.15) is 0 Å². The number of nitrogens with zero attached hydrogens (tertiary/aromatic N) is 2. The number of ketones is 1. The molecule has 0 aliphatic heterocycles. The number of ether oxygens (including phenoxy) is 1. The van der Waals surface area contributed by atoms with Gasteiger partial charge in [-0.05, 0) is 31.0 Å². The number of Topliss-reactive ketones (excluding diaryl/α,β-unsaturated/α-hetero) is 1. The number of amides is 1. The van der Waals surface area contributed by atoms with Crippen LogP contribution in [0.3, 0.4) is 0 Å². The zero-order valence-corrected chi connectivity index (χ0v) is 17.5. The minimum Gasteiger partial charge on any atom is -0.461 e. The van der Waals surface area contributed by atoms with E-state index in [0.29, 0.717) is 18.5 Å². The van der Waals surface area contributed by atoms with E-state index in [-0.39, 0.29) is 29.9 Å². The minimum absolute atomic E-state index is 0.0396. The maximum absolute atomic E-state index is 13.0. The smallest absolute Gasteiger partial charge is 0.418 e. The number of methoxy groups -OCH3 is 1. The highest BCUT2D eigenvalue weighted by Crippen LogP contribution is 2.17. The van der Waals surface area contributed by atoms with Crippen molar-refractivity contribution in [1.82, 2.24) is 14.9 Å². The first kappa shape index (κ1) is 22.0. The van der Waals surface area contributed by atoms with E-state index in [4.69, 9.17) is 4.42 Å². The van der Waals surface area contributed by atoms with Crippen molar-refractivity contribution in [1.29, 1.82) is 0 Å². The van der Waals surface area contributed by atoms with Gasteiger partial charge in [-0.25, -0.2) is 14.3 Å². The Bertz CT molecular complexity index is 1010. The van der Waals surface area contributed by atoms with Gasteiger partial charge in [-0.15, -0.1) is 0 Å². The molecule has 0 bridgehead atoms. The van der Waals surface area contributed by atoms with Gasteiger partial charge in [-0.1, -0.05) is 30.3 Å². The lowest BCUT2D eigenvalue weighted by Gasteiger charge is -2.19. The highest BCUT2D eigenvalue weighted by Gasteiger charge is 2.25. The van der Waals surface area contributed by atoms with E-state index in [1.165, 1.54) is 24.3 Å². The quantitative estimate of drug-likeness (QED) is 0.530.